The Balaban J connectivity index is 1.67. The number of ether oxygens (including phenoxy) is 1. The molecule has 2 N–H and O–H groups in total. The Morgan fingerprint density at radius 1 is 0.839 bits per heavy atom. The molecule has 0 aliphatic heterocycles. The molecule has 0 aliphatic carbocycles. The third-order valence-electron chi connectivity index (χ3n) is 4.24. The van der Waals surface area contributed by atoms with Crippen LogP contribution >= 0.6 is 0 Å². The Bertz CT molecular complexity index is 1140. The molecule has 0 spiro atoms. The predicted molar refractivity (Wildman–Crippen MR) is 121 cm³/mol. The lowest BCUT2D eigenvalue weighted by Gasteiger charge is -2.21. The molecule has 3 rings (SSSR count). The lowest BCUT2D eigenvalue weighted by molar-refractivity contribution is 0.0950. The van der Waals surface area contributed by atoms with Gasteiger partial charge in [-0.1, -0.05) is 36.4 Å². The second-order valence-electron chi connectivity index (χ2n) is 8.09. The fourth-order valence-corrected chi connectivity index (χ4v) is 4.61. The van der Waals surface area contributed by atoms with E-state index in [1.807, 2.05) is 30.3 Å². The molecule has 0 bridgehead atoms. The molecular formula is C24H26N2O4S. The summed E-state index contributed by atoms with van der Waals surface area (Å²) in [6, 6.07) is 22.7. The predicted octanol–water partition coefficient (Wildman–Crippen LogP) is 4.49. The topological polar surface area (TPSA) is 84.5 Å². The molecule has 162 valence electrons. The normalized spacial score (nSPS) is 11.7. The van der Waals surface area contributed by atoms with Crippen LogP contribution in [-0.4, -0.2) is 19.9 Å². The zero-order valence-electron chi connectivity index (χ0n) is 17.8. The van der Waals surface area contributed by atoms with Crippen molar-refractivity contribution in [3.05, 3.63) is 90.0 Å². The summed E-state index contributed by atoms with van der Waals surface area (Å²) >= 11 is 0. The molecule has 0 aromatic heterocycles. The van der Waals surface area contributed by atoms with Crippen LogP contribution in [-0.2, 0) is 16.6 Å². The van der Waals surface area contributed by atoms with Crippen molar-refractivity contribution in [1.29, 1.82) is 0 Å². The highest BCUT2D eigenvalue weighted by molar-refractivity contribution is 7.89. The van der Waals surface area contributed by atoms with Gasteiger partial charge in [0, 0.05) is 17.6 Å². The smallest absolute Gasteiger partial charge is 0.251 e. The number of hydrogen-bond donors (Lipinski definition) is 2. The van der Waals surface area contributed by atoms with E-state index in [0.717, 1.165) is 0 Å². The number of sulfonamides is 1. The molecule has 31 heavy (non-hydrogen) atoms. The van der Waals surface area contributed by atoms with Crippen molar-refractivity contribution in [3.8, 4) is 11.5 Å². The van der Waals surface area contributed by atoms with E-state index in [9.17, 15) is 13.2 Å². The van der Waals surface area contributed by atoms with Gasteiger partial charge < -0.3 is 10.1 Å². The monoisotopic (exact) mass is 438 g/mol. The summed E-state index contributed by atoms with van der Waals surface area (Å²) in [6.07, 6.45) is 0. The highest BCUT2D eigenvalue weighted by Gasteiger charge is 2.24. The van der Waals surface area contributed by atoms with Crippen molar-refractivity contribution in [2.75, 3.05) is 0 Å². The summed E-state index contributed by atoms with van der Waals surface area (Å²) in [6.45, 7) is 5.42. The van der Waals surface area contributed by atoms with Crippen LogP contribution in [0.2, 0.25) is 0 Å². The second-order valence-corrected chi connectivity index (χ2v) is 9.74. The molecule has 0 saturated carbocycles. The van der Waals surface area contributed by atoms with E-state index in [2.05, 4.69) is 10.0 Å². The Kier molecular flexibility index (Phi) is 6.77. The molecule has 0 aliphatic rings. The fraction of sp³-hybridized carbons (Fsp3) is 0.208. The Morgan fingerprint density at radius 2 is 1.42 bits per heavy atom. The maximum absolute atomic E-state index is 12.7. The van der Waals surface area contributed by atoms with E-state index in [-0.39, 0.29) is 17.3 Å². The largest absolute Gasteiger partial charge is 0.457 e. The van der Waals surface area contributed by atoms with E-state index < -0.39 is 15.6 Å². The van der Waals surface area contributed by atoms with Gasteiger partial charge in [0.15, 0.2) is 0 Å². The van der Waals surface area contributed by atoms with Crippen molar-refractivity contribution in [1.82, 2.24) is 10.0 Å². The molecular weight excluding hydrogens is 412 g/mol. The first-order chi connectivity index (χ1) is 14.6. The van der Waals surface area contributed by atoms with Crippen molar-refractivity contribution < 1.29 is 17.9 Å². The number of rotatable bonds is 7. The van der Waals surface area contributed by atoms with Crippen LogP contribution in [0.25, 0.3) is 0 Å². The number of benzene rings is 3. The van der Waals surface area contributed by atoms with Crippen molar-refractivity contribution in [3.63, 3.8) is 0 Å². The van der Waals surface area contributed by atoms with Gasteiger partial charge in [-0.15, -0.1) is 0 Å². The van der Waals surface area contributed by atoms with Gasteiger partial charge in [0.1, 0.15) is 11.5 Å². The van der Waals surface area contributed by atoms with Crippen molar-refractivity contribution in [2.45, 2.75) is 37.8 Å². The third kappa shape index (κ3) is 6.41. The first-order valence-electron chi connectivity index (χ1n) is 9.87. The lowest BCUT2D eigenvalue weighted by Crippen LogP contribution is -2.41. The molecule has 1 amide bonds. The minimum Gasteiger partial charge on any atom is -0.457 e. The summed E-state index contributed by atoms with van der Waals surface area (Å²) in [5, 5.41) is 2.79. The van der Waals surface area contributed by atoms with E-state index in [1.165, 1.54) is 6.07 Å². The molecule has 0 radical (unpaired) electrons. The molecule has 0 heterocycles. The minimum absolute atomic E-state index is 0.0856. The zero-order valence-corrected chi connectivity index (χ0v) is 18.6. The van der Waals surface area contributed by atoms with Crippen molar-refractivity contribution in [2.24, 2.45) is 0 Å². The van der Waals surface area contributed by atoms with Crippen LogP contribution in [0.4, 0.5) is 0 Å². The summed E-state index contributed by atoms with van der Waals surface area (Å²) in [7, 11) is -3.71. The van der Waals surface area contributed by atoms with Gasteiger partial charge in [-0.3, -0.25) is 4.79 Å². The molecule has 0 fully saturated rings. The summed E-state index contributed by atoms with van der Waals surface area (Å²) in [5.41, 5.74) is 0.351. The van der Waals surface area contributed by atoms with Crippen LogP contribution < -0.4 is 14.8 Å². The van der Waals surface area contributed by atoms with Crippen LogP contribution in [0.15, 0.2) is 83.8 Å². The quantitative estimate of drug-likeness (QED) is 0.569. The minimum atomic E-state index is -3.71. The second kappa shape index (κ2) is 9.32. The van der Waals surface area contributed by atoms with Gasteiger partial charge >= 0.3 is 0 Å². The maximum atomic E-state index is 12.7. The van der Waals surface area contributed by atoms with E-state index in [4.69, 9.17) is 4.74 Å². The van der Waals surface area contributed by atoms with E-state index >= 15 is 0 Å². The van der Waals surface area contributed by atoms with Gasteiger partial charge in [-0.05, 0) is 68.8 Å². The van der Waals surface area contributed by atoms with E-state index in [1.54, 1.807) is 63.2 Å². The van der Waals surface area contributed by atoms with Crippen LogP contribution in [0.3, 0.4) is 0 Å². The molecule has 0 saturated heterocycles. The van der Waals surface area contributed by atoms with Gasteiger partial charge in [0.2, 0.25) is 10.0 Å². The SMILES string of the molecule is CC(C)(C)NS(=O)(=O)c1ccccc1CNC(=O)c1ccc(Oc2ccccc2)cc1. The highest BCUT2D eigenvalue weighted by atomic mass is 32.2. The number of carbonyl (C=O) groups is 1. The molecule has 7 heteroatoms. The zero-order chi connectivity index (χ0) is 22.5. The van der Waals surface area contributed by atoms with Crippen LogP contribution in [0, 0.1) is 0 Å². The lowest BCUT2D eigenvalue weighted by atomic mass is 10.1. The Morgan fingerprint density at radius 3 is 2.06 bits per heavy atom. The summed E-state index contributed by atoms with van der Waals surface area (Å²) < 4.78 is 33.8. The number of nitrogens with one attached hydrogen (secondary N) is 2. The van der Waals surface area contributed by atoms with Crippen LogP contribution in [0.5, 0.6) is 11.5 Å². The fourth-order valence-electron chi connectivity index (χ4n) is 2.95. The van der Waals surface area contributed by atoms with Crippen LogP contribution in [0.1, 0.15) is 36.7 Å². The first kappa shape index (κ1) is 22.5. The number of amides is 1. The highest BCUT2D eigenvalue weighted by Crippen LogP contribution is 2.21. The third-order valence-corrected chi connectivity index (χ3v) is 6.10. The molecule has 3 aromatic rings. The van der Waals surface area contributed by atoms with E-state index in [0.29, 0.717) is 22.6 Å². The number of hydrogen-bond acceptors (Lipinski definition) is 4. The van der Waals surface area contributed by atoms with Gasteiger partial charge in [-0.2, -0.15) is 0 Å². The van der Waals surface area contributed by atoms with Gasteiger partial charge in [0.25, 0.3) is 5.91 Å². The average Bonchev–Trinajstić information content (AvgIpc) is 2.72. The molecule has 0 unspecified atom stereocenters. The average molecular weight is 439 g/mol. The Labute approximate surface area is 183 Å². The number of para-hydroxylation sites is 1. The van der Waals surface area contributed by atoms with Gasteiger partial charge in [0.05, 0.1) is 4.90 Å². The number of carbonyl (C=O) groups excluding carboxylic acids is 1. The summed E-state index contributed by atoms with van der Waals surface area (Å²) in [5.74, 6) is 1.02. The summed E-state index contributed by atoms with van der Waals surface area (Å²) in [4.78, 5) is 12.7. The molecule has 3 aromatic carbocycles. The Hall–Kier alpha value is -3.16. The molecule has 6 nitrogen and oxygen atoms in total. The van der Waals surface area contributed by atoms with Crippen molar-refractivity contribution >= 4 is 15.9 Å². The molecule has 0 atom stereocenters. The maximum Gasteiger partial charge on any atom is 0.251 e. The first-order valence-corrected chi connectivity index (χ1v) is 11.4. The standard InChI is InChI=1S/C24H26N2O4S/c1-24(2,3)26-31(28,29)22-12-8-7-9-19(22)17-25-23(27)18-13-15-21(16-14-18)30-20-10-5-4-6-11-20/h4-16,26H,17H2,1-3H3,(H,25,27). The van der Waals surface area contributed by atoms with Gasteiger partial charge in [-0.25, -0.2) is 13.1 Å².